The van der Waals surface area contributed by atoms with Crippen molar-refractivity contribution < 1.29 is 9.18 Å². The molecule has 0 aliphatic rings. The monoisotopic (exact) mass is 327 g/mol. The Morgan fingerprint density at radius 3 is 1.91 bits per heavy atom. The highest BCUT2D eigenvalue weighted by Crippen LogP contribution is 2.09. The van der Waals surface area contributed by atoms with Crippen LogP contribution in [0.5, 0.6) is 0 Å². The Morgan fingerprint density at radius 1 is 1.17 bits per heavy atom. The van der Waals surface area contributed by atoms with Crippen molar-refractivity contribution in [1.29, 1.82) is 0 Å². The number of halogens is 1. The molecule has 3 heteroatoms. The highest BCUT2D eigenvalue weighted by atomic mass is 19.1. The SMILES string of the molecule is C=C(F)/C=C(\C=C/C)C(=O)N(C)CCC(C)C.CC.CC(C)C. The normalized spacial score (nSPS) is 10.9. The molecule has 0 atom stereocenters. The maximum atomic E-state index is 12.7. The number of nitrogens with zero attached hydrogens (tertiary/aromatic N) is 1. The van der Waals surface area contributed by atoms with E-state index in [1.54, 1.807) is 31.0 Å². The summed E-state index contributed by atoms with van der Waals surface area (Å²) in [5.74, 6) is 0.585. The van der Waals surface area contributed by atoms with Crippen LogP contribution in [-0.2, 0) is 4.79 Å². The zero-order valence-corrected chi connectivity index (χ0v) is 16.7. The predicted molar refractivity (Wildman–Crippen MR) is 102 cm³/mol. The second-order valence-corrected chi connectivity index (χ2v) is 6.19. The summed E-state index contributed by atoms with van der Waals surface area (Å²) in [5.41, 5.74) is 0.325. The van der Waals surface area contributed by atoms with Gasteiger partial charge in [-0.25, -0.2) is 4.39 Å². The molecule has 0 aromatic carbocycles. The number of rotatable bonds is 6. The molecule has 0 fully saturated rings. The summed E-state index contributed by atoms with van der Waals surface area (Å²) in [7, 11) is 1.73. The molecule has 0 aliphatic carbocycles. The van der Waals surface area contributed by atoms with E-state index in [1.807, 2.05) is 13.8 Å². The molecule has 0 bridgehead atoms. The van der Waals surface area contributed by atoms with Gasteiger partial charge < -0.3 is 4.90 Å². The first-order valence-corrected chi connectivity index (χ1v) is 8.56. The Balaban J connectivity index is -0.000000574. The molecule has 23 heavy (non-hydrogen) atoms. The first-order valence-electron chi connectivity index (χ1n) is 8.56. The molecule has 0 N–H and O–H groups in total. The lowest BCUT2D eigenvalue weighted by atomic mass is 10.1. The second kappa shape index (κ2) is 17.0. The topological polar surface area (TPSA) is 20.3 Å². The van der Waals surface area contributed by atoms with Gasteiger partial charge in [0.15, 0.2) is 0 Å². The van der Waals surface area contributed by atoms with E-state index in [1.165, 1.54) is 0 Å². The first kappa shape index (κ1) is 26.5. The molecular formula is C20H38FNO. The van der Waals surface area contributed by atoms with E-state index in [4.69, 9.17) is 0 Å². The number of hydrogen-bond donors (Lipinski definition) is 0. The van der Waals surface area contributed by atoms with E-state index < -0.39 is 5.83 Å². The average Bonchev–Trinajstić information content (AvgIpc) is 2.44. The smallest absolute Gasteiger partial charge is 0.253 e. The lowest BCUT2D eigenvalue weighted by molar-refractivity contribution is -0.125. The molecular weight excluding hydrogens is 289 g/mol. The molecule has 0 aromatic heterocycles. The summed E-state index contributed by atoms with van der Waals surface area (Å²) in [4.78, 5) is 13.6. The molecule has 0 spiro atoms. The summed E-state index contributed by atoms with van der Waals surface area (Å²) in [6.07, 6.45) is 5.40. The van der Waals surface area contributed by atoms with Crippen LogP contribution < -0.4 is 0 Å². The van der Waals surface area contributed by atoms with E-state index in [-0.39, 0.29) is 5.91 Å². The van der Waals surface area contributed by atoms with Gasteiger partial charge in [-0.3, -0.25) is 4.79 Å². The summed E-state index contributed by atoms with van der Waals surface area (Å²) >= 11 is 0. The maximum absolute atomic E-state index is 12.7. The molecule has 0 unspecified atom stereocenters. The van der Waals surface area contributed by atoms with Crippen molar-refractivity contribution in [2.75, 3.05) is 13.6 Å². The third kappa shape index (κ3) is 20.6. The second-order valence-electron chi connectivity index (χ2n) is 6.19. The van der Waals surface area contributed by atoms with E-state index in [0.29, 0.717) is 18.0 Å². The van der Waals surface area contributed by atoms with Gasteiger partial charge in [-0.05, 0) is 31.3 Å². The van der Waals surface area contributed by atoms with Gasteiger partial charge in [0.1, 0.15) is 5.83 Å². The van der Waals surface area contributed by atoms with Crippen molar-refractivity contribution in [2.24, 2.45) is 11.8 Å². The van der Waals surface area contributed by atoms with Crippen LogP contribution in [0, 0.1) is 11.8 Å². The van der Waals surface area contributed by atoms with E-state index in [0.717, 1.165) is 18.4 Å². The minimum atomic E-state index is -0.608. The Hall–Kier alpha value is -1.38. The molecule has 2 nitrogen and oxygen atoms in total. The molecule has 0 saturated heterocycles. The standard InChI is InChI=1S/C14H22FNO.C4H10.C2H6/c1-6-7-13(10-12(4)15)14(17)16(5)9-8-11(2)3;1-4(2)3;1-2/h6-7,10-11H,4,8-9H2,1-3,5H3;4H,1-3H3;1-2H3/b7-6-,13-10+;;. The van der Waals surface area contributed by atoms with Crippen molar-refractivity contribution in [2.45, 2.75) is 61.8 Å². The van der Waals surface area contributed by atoms with Gasteiger partial charge in [0.25, 0.3) is 5.91 Å². The fraction of sp³-hybridized carbons (Fsp3) is 0.650. The highest BCUT2D eigenvalue weighted by molar-refractivity contribution is 5.96. The number of allylic oxidation sites excluding steroid dienone is 3. The molecule has 136 valence electrons. The van der Waals surface area contributed by atoms with Crippen LogP contribution in [-0.4, -0.2) is 24.4 Å². The van der Waals surface area contributed by atoms with Crippen LogP contribution in [0.1, 0.15) is 61.8 Å². The number of amides is 1. The Morgan fingerprint density at radius 2 is 1.61 bits per heavy atom. The predicted octanol–water partition coefficient (Wildman–Crippen LogP) is 6.17. The summed E-state index contributed by atoms with van der Waals surface area (Å²) < 4.78 is 12.7. The molecule has 0 rings (SSSR count). The summed E-state index contributed by atoms with van der Waals surface area (Å²) in [6, 6.07) is 0. The van der Waals surface area contributed by atoms with E-state index >= 15 is 0 Å². The molecule has 0 saturated carbocycles. The quantitative estimate of drug-likeness (QED) is 0.422. The van der Waals surface area contributed by atoms with Crippen molar-refractivity contribution in [3.05, 3.63) is 36.2 Å². The minimum Gasteiger partial charge on any atom is -0.342 e. The van der Waals surface area contributed by atoms with Crippen molar-refractivity contribution in [3.8, 4) is 0 Å². The van der Waals surface area contributed by atoms with Gasteiger partial charge in [-0.2, -0.15) is 0 Å². The van der Waals surface area contributed by atoms with E-state index in [2.05, 4.69) is 41.2 Å². The number of hydrogen-bond acceptors (Lipinski definition) is 1. The third-order valence-electron chi connectivity index (χ3n) is 2.29. The summed E-state index contributed by atoms with van der Waals surface area (Å²) in [6.45, 7) is 20.3. The van der Waals surface area contributed by atoms with E-state index in [9.17, 15) is 9.18 Å². The lowest BCUT2D eigenvalue weighted by Crippen LogP contribution is -2.29. The van der Waals surface area contributed by atoms with Crippen LogP contribution in [0.4, 0.5) is 4.39 Å². The van der Waals surface area contributed by atoms with Crippen LogP contribution in [0.25, 0.3) is 0 Å². The largest absolute Gasteiger partial charge is 0.342 e. The zero-order valence-electron chi connectivity index (χ0n) is 16.7. The molecule has 0 aliphatic heterocycles. The average molecular weight is 328 g/mol. The first-order chi connectivity index (χ1) is 10.6. The Bertz CT molecular complexity index is 365. The van der Waals surface area contributed by atoms with Crippen LogP contribution in [0.2, 0.25) is 0 Å². The van der Waals surface area contributed by atoms with Crippen LogP contribution in [0.3, 0.4) is 0 Å². The van der Waals surface area contributed by atoms with Gasteiger partial charge in [0.2, 0.25) is 0 Å². The van der Waals surface area contributed by atoms with Gasteiger partial charge in [0.05, 0.1) is 0 Å². The fourth-order valence-electron chi connectivity index (χ4n) is 1.30. The third-order valence-corrected chi connectivity index (χ3v) is 2.29. The zero-order chi connectivity index (χ0) is 19.0. The van der Waals surface area contributed by atoms with Gasteiger partial charge in [-0.15, -0.1) is 0 Å². The van der Waals surface area contributed by atoms with Crippen LogP contribution >= 0.6 is 0 Å². The maximum Gasteiger partial charge on any atom is 0.253 e. The highest BCUT2D eigenvalue weighted by Gasteiger charge is 2.12. The summed E-state index contributed by atoms with van der Waals surface area (Å²) in [5, 5.41) is 0. The lowest BCUT2D eigenvalue weighted by Gasteiger charge is -2.18. The fourth-order valence-corrected chi connectivity index (χ4v) is 1.30. The van der Waals surface area contributed by atoms with Gasteiger partial charge >= 0.3 is 0 Å². The van der Waals surface area contributed by atoms with Gasteiger partial charge in [0, 0.05) is 19.2 Å². The molecule has 0 aromatic rings. The minimum absolute atomic E-state index is 0.178. The number of carbonyl (C=O) groups excluding carboxylic acids is 1. The molecule has 1 amide bonds. The van der Waals surface area contributed by atoms with Crippen LogP contribution in [0.15, 0.2) is 36.2 Å². The molecule has 0 radical (unpaired) electrons. The van der Waals surface area contributed by atoms with Crippen molar-refractivity contribution in [3.63, 3.8) is 0 Å². The molecule has 0 heterocycles. The van der Waals surface area contributed by atoms with Gasteiger partial charge in [-0.1, -0.05) is 67.2 Å². The van der Waals surface area contributed by atoms with Crippen molar-refractivity contribution in [1.82, 2.24) is 4.90 Å². The van der Waals surface area contributed by atoms with Crippen molar-refractivity contribution >= 4 is 5.91 Å². The Labute approximate surface area is 144 Å². The number of carbonyl (C=O) groups is 1. The number of likely N-dealkylation sites (N-methyl/N-ethyl adjacent to an activating group) is 1. The Kier molecular flexibility index (Phi) is 19.6.